The van der Waals surface area contributed by atoms with Gasteiger partial charge in [0.05, 0.1) is 6.61 Å². The zero-order chi connectivity index (χ0) is 16.2. The van der Waals surface area contributed by atoms with Crippen molar-refractivity contribution in [2.45, 2.75) is 26.3 Å². The highest BCUT2D eigenvalue weighted by Crippen LogP contribution is 2.28. The van der Waals surface area contributed by atoms with Gasteiger partial charge in [-0.05, 0) is 43.7 Å². The fourth-order valence-corrected chi connectivity index (χ4v) is 2.69. The number of benzene rings is 2. The molecule has 0 saturated heterocycles. The Hall–Kier alpha value is -2.62. The number of carbonyl (C=O) groups is 1. The summed E-state index contributed by atoms with van der Waals surface area (Å²) in [7, 11) is 0. The van der Waals surface area contributed by atoms with Crippen LogP contribution in [0.25, 0.3) is 0 Å². The van der Waals surface area contributed by atoms with Gasteiger partial charge >= 0.3 is 5.97 Å². The predicted octanol–water partition coefficient (Wildman–Crippen LogP) is 3.78. The van der Waals surface area contributed by atoms with E-state index in [-0.39, 0.29) is 5.97 Å². The lowest BCUT2D eigenvalue weighted by Crippen LogP contribution is -2.29. The van der Waals surface area contributed by atoms with Crippen molar-refractivity contribution in [3.63, 3.8) is 0 Å². The van der Waals surface area contributed by atoms with Crippen molar-refractivity contribution in [2.75, 3.05) is 6.61 Å². The van der Waals surface area contributed by atoms with E-state index in [4.69, 9.17) is 9.47 Å². The zero-order valence-corrected chi connectivity index (χ0v) is 13.3. The largest absolute Gasteiger partial charge is 0.464 e. The van der Waals surface area contributed by atoms with Gasteiger partial charge in [-0.1, -0.05) is 24.3 Å². The quantitative estimate of drug-likeness (QED) is 0.808. The molecule has 1 atom stereocenters. The third-order valence-electron chi connectivity index (χ3n) is 3.77. The van der Waals surface area contributed by atoms with Crippen molar-refractivity contribution < 1.29 is 14.3 Å². The Morgan fingerprint density at radius 2 is 1.96 bits per heavy atom. The molecular weight excluding hydrogens is 290 g/mol. The second-order valence-corrected chi connectivity index (χ2v) is 5.42. The molecule has 4 heteroatoms. The summed E-state index contributed by atoms with van der Waals surface area (Å²) >= 11 is 0. The molecule has 2 aromatic carbocycles. The standard InChI is InChI=1S/C19H19NO3/c1-3-22-19(21)18-11-14-9-10-16(12-17(14)13(2)20-18)23-15-7-5-4-6-8-15/h4-10,12,18H,3,11H2,1-2H3. The molecule has 0 saturated carbocycles. The summed E-state index contributed by atoms with van der Waals surface area (Å²) in [6, 6.07) is 15.1. The van der Waals surface area contributed by atoms with E-state index in [9.17, 15) is 4.79 Å². The molecule has 0 spiro atoms. The number of aliphatic imine (C=N–C) groups is 1. The highest BCUT2D eigenvalue weighted by molar-refractivity contribution is 6.03. The minimum atomic E-state index is -0.441. The smallest absolute Gasteiger partial charge is 0.331 e. The van der Waals surface area contributed by atoms with E-state index < -0.39 is 6.04 Å². The van der Waals surface area contributed by atoms with E-state index in [1.165, 1.54) is 0 Å². The van der Waals surface area contributed by atoms with Crippen LogP contribution < -0.4 is 4.74 Å². The number of rotatable bonds is 4. The van der Waals surface area contributed by atoms with Crippen LogP contribution in [-0.2, 0) is 16.0 Å². The number of nitrogens with zero attached hydrogens (tertiary/aromatic N) is 1. The molecule has 0 aliphatic carbocycles. The summed E-state index contributed by atoms with van der Waals surface area (Å²) in [5.41, 5.74) is 2.96. The number of fused-ring (bicyclic) bond motifs is 1. The number of para-hydroxylation sites is 1. The van der Waals surface area contributed by atoms with Crippen molar-refractivity contribution in [2.24, 2.45) is 4.99 Å². The maximum Gasteiger partial charge on any atom is 0.331 e. The van der Waals surface area contributed by atoms with Crippen molar-refractivity contribution in [3.8, 4) is 11.5 Å². The summed E-state index contributed by atoms with van der Waals surface area (Å²) in [6.07, 6.45) is 0.567. The molecule has 0 N–H and O–H groups in total. The van der Waals surface area contributed by atoms with Crippen LogP contribution in [-0.4, -0.2) is 24.3 Å². The lowest BCUT2D eigenvalue weighted by atomic mass is 9.94. The third kappa shape index (κ3) is 3.42. The fourth-order valence-electron chi connectivity index (χ4n) is 2.69. The lowest BCUT2D eigenvalue weighted by molar-refractivity contribution is -0.144. The monoisotopic (exact) mass is 309 g/mol. The van der Waals surface area contributed by atoms with Gasteiger partial charge in [0.2, 0.25) is 0 Å². The molecule has 0 aromatic heterocycles. The van der Waals surface area contributed by atoms with Crippen molar-refractivity contribution in [3.05, 3.63) is 59.7 Å². The van der Waals surface area contributed by atoms with Crippen LogP contribution in [0.15, 0.2) is 53.5 Å². The summed E-state index contributed by atoms with van der Waals surface area (Å²) in [6.45, 7) is 4.09. The van der Waals surface area contributed by atoms with Crippen molar-refractivity contribution in [1.82, 2.24) is 0 Å². The first-order valence-electron chi connectivity index (χ1n) is 7.74. The average molecular weight is 309 g/mol. The van der Waals surface area contributed by atoms with Gasteiger partial charge in [0, 0.05) is 17.7 Å². The Kier molecular flexibility index (Phi) is 4.42. The molecule has 0 radical (unpaired) electrons. The number of esters is 1. The third-order valence-corrected chi connectivity index (χ3v) is 3.77. The van der Waals surface area contributed by atoms with E-state index in [0.717, 1.165) is 28.3 Å². The molecule has 0 fully saturated rings. The molecule has 3 rings (SSSR count). The first kappa shape index (κ1) is 15.3. The van der Waals surface area contributed by atoms with Gasteiger partial charge in [-0.2, -0.15) is 0 Å². The van der Waals surface area contributed by atoms with Gasteiger partial charge in [-0.3, -0.25) is 4.99 Å². The Morgan fingerprint density at radius 3 is 2.70 bits per heavy atom. The van der Waals surface area contributed by atoms with Crippen LogP contribution in [0.4, 0.5) is 0 Å². The second-order valence-electron chi connectivity index (χ2n) is 5.42. The Labute approximate surface area is 135 Å². The SMILES string of the molecule is CCOC(=O)C1Cc2ccc(Oc3ccccc3)cc2C(C)=N1. The average Bonchev–Trinajstić information content (AvgIpc) is 2.56. The zero-order valence-electron chi connectivity index (χ0n) is 13.3. The van der Waals surface area contributed by atoms with Gasteiger partial charge in [0.15, 0.2) is 6.04 Å². The van der Waals surface area contributed by atoms with Crippen LogP contribution in [0.2, 0.25) is 0 Å². The summed E-state index contributed by atoms with van der Waals surface area (Å²) < 4.78 is 10.9. The van der Waals surface area contributed by atoms with Crippen LogP contribution >= 0.6 is 0 Å². The first-order valence-corrected chi connectivity index (χ1v) is 7.74. The van der Waals surface area contributed by atoms with Crippen LogP contribution in [0.5, 0.6) is 11.5 Å². The molecule has 1 aliphatic rings. The van der Waals surface area contributed by atoms with Crippen molar-refractivity contribution in [1.29, 1.82) is 0 Å². The van der Waals surface area contributed by atoms with Gasteiger partial charge in [0.1, 0.15) is 11.5 Å². The first-order chi connectivity index (χ1) is 11.2. The topological polar surface area (TPSA) is 47.9 Å². The maximum absolute atomic E-state index is 11.9. The molecule has 0 amide bonds. The summed E-state index contributed by atoms with van der Waals surface area (Å²) in [4.78, 5) is 16.4. The minimum absolute atomic E-state index is 0.262. The van der Waals surface area contributed by atoms with E-state index in [2.05, 4.69) is 4.99 Å². The normalized spacial score (nSPS) is 16.3. The second kappa shape index (κ2) is 6.65. The summed E-state index contributed by atoms with van der Waals surface area (Å²) in [5.74, 6) is 1.29. The molecule has 1 heterocycles. The maximum atomic E-state index is 11.9. The van der Waals surface area contributed by atoms with Crippen LogP contribution in [0.1, 0.15) is 25.0 Å². The number of hydrogen-bond acceptors (Lipinski definition) is 4. The Morgan fingerprint density at radius 1 is 1.17 bits per heavy atom. The summed E-state index contributed by atoms with van der Waals surface area (Å²) in [5, 5.41) is 0. The molecule has 0 bridgehead atoms. The molecule has 118 valence electrons. The Balaban J connectivity index is 1.83. The molecule has 4 nitrogen and oxygen atoms in total. The number of hydrogen-bond donors (Lipinski definition) is 0. The molecular formula is C19H19NO3. The highest BCUT2D eigenvalue weighted by atomic mass is 16.5. The van der Waals surface area contributed by atoms with E-state index >= 15 is 0 Å². The van der Waals surface area contributed by atoms with Crippen LogP contribution in [0.3, 0.4) is 0 Å². The van der Waals surface area contributed by atoms with Gasteiger partial charge < -0.3 is 9.47 Å². The lowest BCUT2D eigenvalue weighted by Gasteiger charge is -2.21. The predicted molar refractivity (Wildman–Crippen MR) is 89.3 cm³/mol. The fraction of sp³-hybridized carbons (Fsp3) is 0.263. The molecule has 1 unspecified atom stereocenters. The minimum Gasteiger partial charge on any atom is -0.464 e. The van der Waals surface area contributed by atoms with Crippen molar-refractivity contribution >= 4 is 11.7 Å². The molecule has 23 heavy (non-hydrogen) atoms. The van der Waals surface area contributed by atoms with Gasteiger partial charge in [-0.25, -0.2) is 4.79 Å². The molecule has 2 aromatic rings. The van der Waals surface area contributed by atoms with E-state index in [1.54, 1.807) is 6.92 Å². The van der Waals surface area contributed by atoms with Gasteiger partial charge in [0.25, 0.3) is 0 Å². The number of ether oxygens (including phenoxy) is 2. The van der Waals surface area contributed by atoms with E-state index in [0.29, 0.717) is 13.0 Å². The van der Waals surface area contributed by atoms with E-state index in [1.807, 2.05) is 55.5 Å². The van der Waals surface area contributed by atoms with Crippen LogP contribution in [0, 0.1) is 0 Å². The van der Waals surface area contributed by atoms with Gasteiger partial charge in [-0.15, -0.1) is 0 Å². The number of carbonyl (C=O) groups excluding carboxylic acids is 1. The Bertz CT molecular complexity index is 738. The highest BCUT2D eigenvalue weighted by Gasteiger charge is 2.25. The molecule has 1 aliphatic heterocycles.